The number of oxime groups is 1. The summed E-state index contributed by atoms with van der Waals surface area (Å²) in [5.74, 6) is -0.976. The van der Waals surface area contributed by atoms with Crippen molar-refractivity contribution in [2.24, 2.45) is 5.16 Å². The van der Waals surface area contributed by atoms with E-state index in [1.807, 2.05) is 12.1 Å². The van der Waals surface area contributed by atoms with Crippen LogP contribution in [0.2, 0.25) is 0 Å². The first kappa shape index (κ1) is 25.3. The van der Waals surface area contributed by atoms with E-state index in [1.54, 1.807) is 48.7 Å². The molecular weight excluding hydrogens is 544 g/mol. The van der Waals surface area contributed by atoms with Crippen molar-refractivity contribution in [3.8, 4) is 22.4 Å². The van der Waals surface area contributed by atoms with Crippen LogP contribution in [0, 0.1) is 5.82 Å². The standard InChI is InChI=1S/C26H19AsFN3O4S/c1-36(34,35)24-12-9-17(28)14-21(24)16-7-10-18(11-8-16)31-26(32)20-5-3-13-29-25(20)19-4-2-6-23(27)22(19)15-30-33/h2-15,33H,1H3,(H,31,32). The van der Waals surface area contributed by atoms with Gasteiger partial charge in [0.05, 0.1) is 4.90 Å². The average Bonchev–Trinajstić information content (AvgIpc) is 2.85. The van der Waals surface area contributed by atoms with Crippen molar-refractivity contribution in [2.45, 2.75) is 4.90 Å². The fraction of sp³-hybridized carbons (Fsp3) is 0.0385. The molecule has 10 heteroatoms. The molecule has 0 spiro atoms. The molecule has 1 aromatic heterocycles. The Kier molecular flexibility index (Phi) is 7.33. The van der Waals surface area contributed by atoms with Crippen molar-refractivity contribution in [3.05, 3.63) is 95.9 Å². The van der Waals surface area contributed by atoms with E-state index in [-0.39, 0.29) is 10.5 Å². The molecular formula is C26H19AsFN3O4S. The number of rotatable bonds is 6. The fourth-order valence-corrected chi connectivity index (χ4v) is 5.18. The third-order valence-corrected chi connectivity index (χ3v) is 7.35. The summed E-state index contributed by atoms with van der Waals surface area (Å²) < 4.78 is 38.9. The Balaban J connectivity index is 1.66. The number of hydrogen-bond acceptors (Lipinski definition) is 6. The third kappa shape index (κ3) is 5.37. The number of halogens is 1. The summed E-state index contributed by atoms with van der Waals surface area (Å²) in [7, 11) is -3.57. The normalized spacial score (nSPS) is 11.5. The van der Waals surface area contributed by atoms with E-state index in [2.05, 4.69) is 32.3 Å². The van der Waals surface area contributed by atoms with Crippen molar-refractivity contribution < 1.29 is 22.8 Å². The van der Waals surface area contributed by atoms with Crippen LogP contribution in [0.1, 0.15) is 15.9 Å². The summed E-state index contributed by atoms with van der Waals surface area (Å²) in [4.78, 5) is 17.6. The van der Waals surface area contributed by atoms with E-state index in [1.165, 1.54) is 18.3 Å². The minimum absolute atomic E-state index is 0.0136. The molecule has 0 saturated carbocycles. The molecule has 180 valence electrons. The van der Waals surface area contributed by atoms with E-state index in [0.717, 1.165) is 16.7 Å². The van der Waals surface area contributed by atoms with E-state index in [9.17, 15) is 17.6 Å². The number of nitrogens with one attached hydrogen (secondary N) is 1. The van der Waals surface area contributed by atoms with Crippen molar-refractivity contribution in [2.75, 3.05) is 11.6 Å². The molecule has 4 rings (SSSR count). The van der Waals surface area contributed by atoms with Gasteiger partial charge in [0.25, 0.3) is 0 Å². The number of anilines is 1. The zero-order valence-corrected chi connectivity index (χ0v) is 21.6. The number of aromatic nitrogens is 1. The van der Waals surface area contributed by atoms with Crippen LogP contribution in [0.25, 0.3) is 22.4 Å². The van der Waals surface area contributed by atoms with Gasteiger partial charge in [0.2, 0.25) is 0 Å². The van der Waals surface area contributed by atoms with Gasteiger partial charge in [-0.3, -0.25) is 0 Å². The molecule has 2 radical (unpaired) electrons. The van der Waals surface area contributed by atoms with Gasteiger partial charge in [-0.15, -0.1) is 0 Å². The topological polar surface area (TPSA) is 109 Å². The SMILES string of the molecule is CS(=O)(=O)c1ccc(F)cc1-c1ccc(NC(=O)c2cccnc2-c2cccc([As])c2C=NO)cc1. The van der Waals surface area contributed by atoms with E-state index in [4.69, 9.17) is 5.21 Å². The molecule has 0 fully saturated rings. The van der Waals surface area contributed by atoms with Crippen molar-refractivity contribution in [1.82, 2.24) is 4.98 Å². The summed E-state index contributed by atoms with van der Waals surface area (Å²) in [5, 5.41) is 15.0. The first-order valence-electron chi connectivity index (χ1n) is 10.5. The number of hydrogen-bond donors (Lipinski definition) is 2. The molecule has 2 N–H and O–H groups in total. The van der Waals surface area contributed by atoms with Crippen LogP contribution >= 0.6 is 0 Å². The molecule has 0 aliphatic rings. The fourth-order valence-electron chi connectivity index (χ4n) is 3.74. The molecule has 0 saturated heterocycles. The predicted octanol–water partition coefficient (Wildman–Crippen LogP) is 3.81. The van der Waals surface area contributed by atoms with Crippen molar-refractivity contribution >= 4 is 48.9 Å². The van der Waals surface area contributed by atoms with Crippen molar-refractivity contribution in [3.63, 3.8) is 0 Å². The van der Waals surface area contributed by atoms with Gasteiger partial charge in [0, 0.05) is 6.26 Å². The molecule has 36 heavy (non-hydrogen) atoms. The number of carbonyl (C=O) groups excluding carboxylic acids is 1. The number of sulfone groups is 1. The molecule has 0 bridgehead atoms. The van der Waals surface area contributed by atoms with E-state index < -0.39 is 21.6 Å². The monoisotopic (exact) mass is 563 g/mol. The first-order valence-corrected chi connectivity index (χ1v) is 13.4. The summed E-state index contributed by atoms with van der Waals surface area (Å²) in [5.41, 5.74) is 3.11. The van der Waals surface area contributed by atoms with E-state index >= 15 is 0 Å². The molecule has 7 nitrogen and oxygen atoms in total. The molecule has 4 aromatic rings. The Morgan fingerprint density at radius 1 is 1.06 bits per heavy atom. The molecule has 0 unspecified atom stereocenters. The number of nitrogens with zero attached hydrogens (tertiary/aromatic N) is 2. The Bertz CT molecular complexity index is 1590. The Morgan fingerprint density at radius 2 is 1.81 bits per heavy atom. The summed E-state index contributed by atoms with van der Waals surface area (Å²) in [6, 6.07) is 18.6. The van der Waals surface area contributed by atoms with Crippen LogP contribution in [0.15, 0.2) is 89.0 Å². The van der Waals surface area contributed by atoms with Gasteiger partial charge in [-0.1, -0.05) is 0 Å². The molecule has 0 aliphatic heterocycles. The van der Waals surface area contributed by atoms with Gasteiger partial charge in [0.15, 0.2) is 9.84 Å². The maximum atomic E-state index is 13.9. The van der Waals surface area contributed by atoms with Gasteiger partial charge in [-0.2, -0.15) is 0 Å². The zero-order chi connectivity index (χ0) is 25.9. The van der Waals surface area contributed by atoms with Crippen molar-refractivity contribution in [1.29, 1.82) is 0 Å². The van der Waals surface area contributed by atoms with Crippen LogP contribution < -0.4 is 9.67 Å². The Labute approximate surface area is 216 Å². The molecule has 1 amide bonds. The quantitative estimate of drug-likeness (QED) is 0.122. The Hall–Kier alpha value is -3.81. The molecule has 0 atom stereocenters. The van der Waals surface area contributed by atoms with E-state index in [0.29, 0.717) is 33.6 Å². The predicted molar refractivity (Wildman–Crippen MR) is 137 cm³/mol. The summed E-state index contributed by atoms with van der Waals surface area (Å²) in [6.07, 6.45) is 3.92. The zero-order valence-electron chi connectivity index (χ0n) is 18.9. The Morgan fingerprint density at radius 3 is 2.50 bits per heavy atom. The van der Waals surface area contributed by atoms with Gasteiger partial charge in [-0.25, -0.2) is 12.8 Å². The average molecular weight is 563 g/mol. The number of pyridine rings is 1. The second-order valence-corrected chi connectivity index (χ2v) is 10.8. The second-order valence-electron chi connectivity index (χ2n) is 7.83. The molecule has 0 aliphatic carbocycles. The molecule has 1 heterocycles. The van der Waals surface area contributed by atoms with Gasteiger partial charge in [-0.05, 0) is 18.2 Å². The third-order valence-electron chi connectivity index (χ3n) is 5.37. The summed E-state index contributed by atoms with van der Waals surface area (Å²) >= 11 is 2.38. The van der Waals surface area contributed by atoms with Crippen LogP contribution in [0.4, 0.5) is 10.1 Å². The van der Waals surface area contributed by atoms with Crippen LogP contribution in [-0.2, 0) is 9.84 Å². The van der Waals surface area contributed by atoms with Gasteiger partial charge < -0.3 is 0 Å². The summed E-state index contributed by atoms with van der Waals surface area (Å²) in [6.45, 7) is 0. The number of amides is 1. The maximum absolute atomic E-state index is 13.9. The first-order chi connectivity index (χ1) is 17.2. The van der Waals surface area contributed by atoms with Gasteiger partial charge >= 0.3 is 159 Å². The number of carbonyl (C=O) groups is 1. The van der Waals surface area contributed by atoms with Crippen LogP contribution in [0.5, 0.6) is 0 Å². The second kappa shape index (κ2) is 10.4. The van der Waals surface area contributed by atoms with Gasteiger partial charge in [0.1, 0.15) is 5.82 Å². The minimum atomic E-state index is -3.57. The molecule has 3 aromatic carbocycles. The number of benzene rings is 3. The van der Waals surface area contributed by atoms with Crippen LogP contribution in [0.3, 0.4) is 0 Å². The van der Waals surface area contributed by atoms with Crippen LogP contribution in [-0.4, -0.2) is 53.8 Å².